The number of hydrogen-bond acceptors (Lipinski definition) is 6. The molecule has 1 fully saturated rings. The molecule has 3 heterocycles. The molecule has 2 aromatic heterocycles. The van der Waals surface area contributed by atoms with Crippen molar-refractivity contribution < 1.29 is 9.47 Å². The quantitative estimate of drug-likeness (QED) is 0.561. The monoisotopic (exact) mass is 420 g/mol. The smallest absolute Gasteiger partial charge is 0.251 e. The first-order valence-corrected chi connectivity index (χ1v) is 10.7. The van der Waals surface area contributed by atoms with E-state index in [1.54, 1.807) is 19.4 Å². The van der Waals surface area contributed by atoms with Crippen LogP contribution in [-0.4, -0.2) is 46.7 Å². The first-order chi connectivity index (χ1) is 15.2. The Hall–Kier alpha value is -3.03. The second-order valence-corrected chi connectivity index (χ2v) is 7.70. The molecule has 3 aromatic rings. The molecule has 31 heavy (non-hydrogen) atoms. The molecular formula is C24H28N4O3. The largest absolute Gasteiger partial charge is 0.491 e. The number of nitrogens with zero attached hydrogens (tertiary/aromatic N) is 3. The summed E-state index contributed by atoms with van der Waals surface area (Å²) in [5.74, 6) is 1.36. The normalized spacial score (nSPS) is 16.9. The Morgan fingerprint density at radius 1 is 1.13 bits per heavy atom. The molecule has 0 bridgehead atoms. The number of hydrogen-bond donors (Lipinski definition) is 1. The Balaban J connectivity index is 1.55. The highest BCUT2D eigenvalue weighted by Crippen LogP contribution is 2.31. The third-order valence-electron chi connectivity index (χ3n) is 5.46. The van der Waals surface area contributed by atoms with Gasteiger partial charge in [0.25, 0.3) is 5.56 Å². The topological polar surface area (TPSA) is 80.3 Å². The van der Waals surface area contributed by atoms with Crippen molar-refractivity contribution >= 4 is 0 Å². The third-order valence-corrected chi connectivity index (χ3v) is 5.46. The maximum absolute atomic E-state index is 12.4. The number of ether oxygens (including phenoxy) is 2. The number of benzene rings is 1. The summed E-state index contributed by atoms with van der Waals surface area (Å²) in [6, 6.07) is 15.5. The highest BCUT2D eigenvalue weighted by molar-refractivity contribution is 5.48. The highest BCUT2D eigenvalue weighted by atomic mass is 16.5. The number of methoxy groups -OCH3 is 1. The molecule has 0 spiro atoms. The van der Waals surface area contributed by atoms with Crippen LogP contribution < -0.4 is 10.3 Å². The lowest BCUT2D eigenvalue weighted by Gasteiger charge is -2.35. The fourth-order valence-electron chi connectivity index (χ4n) is 4.00. The number of pyridine rings is 1. The van der Waals surface area contributed by atoms with Gasteiger partial charge in [-0.25, -0.2) is 4.98 Å². The van der Waals surface area contributed by atoms with E-state index in [1.165, 1.54) is 5.56 Å². The van der Waals surface area contributed by atoms with Gasteiger partial charge in [-0.2, -0.15) is 0 Å². The lowest BCUT2D eigenvalue weighted by molar-refractivity contribution is 0.136. The summed E-state index contributed by atoms with van der Waals surface area (Å²) in [5.41, 5.74) is 2.50. The Labute approximate surface area is 182 Å². The predicted molar refractivity (Wildman–Crippen MR) is 119 cm³/mol. The molecule has 0 unspecified atom stereocenters. The molecule has 0 aliphatic carbocycles. The van der Waals surface area contributed by atoms with Crippen LogP contribution in [0.15, 0.2) is 59.5 Å². The number of aromatic amines is 1. The predicted octanol–water partition coefficient (Wildman–Crippen LogP) is 3.58. The van der Waals surface area contributed by atoms with Crippen LogP contribution in [0.2, 0.25) is 0 Å². The molecule has 0 radical (unpaired) electrons. The summed E-state index contributed by atoms with van der Waals surface area (Å²) in [6.45, 7) is 2.83. The van der Waals surface area contributed by atoms with E-state index in [0.29, 0.717) is 24.7 Å². The van der Waals surface area contributed by atoms with Gasteiger partial charge in [0.05, 0.1) is 18.3 Å². The molecule has 1 aliphatic heterocycles. The van der Waals surface area contributed by atoms with E-state index in [2.05, 4.69) is 27.0 Å². The van der Waals surface area contributed by atoms with Gasteiger partial charge in [-0.3, -0.25) is 14.7 Å². The first-order valence-electron chi connectivity index (χ1n) is 10.7. The summed E-state index contributed by atoms with van der Waals surface area (Å²) < 4.78 is 10.8. The molecule has 0 saturated carbocycles. The van der Waals surface area contributed by atoms with Gasteiger partial charge in [-0.15, -0.1) is 0 Å². The second-order valence-electron chi connectivity index (χ2n) is 7.70. The number of rotatable bonds is 8. The Bertz CT molecular complexity index is 1040. The number of piperidine rings is 1. The molecule has 7 heteroatoms. The van der Waals surface area contributed by atoms with Gasteiger partial charge >= 0.3 is 0 Å². The van der Waals surface area contributed by atoms with E-state index in [4.69, 9.17) is 14.5 Å². The highest BCUT2D eigenvalue weighted by Gasteiger charge is 2.26. The summed E-state index contributed by atoms with van der Waals surface area (Å²) in [7, 11) is 1.66. The zero-order valence-electron chi connectivity index (χ0n) is 17.8. The number of aromatic nitrogens is 3. The van der Waals surface area contributed by atoms with Gasteiger partial charge in [0.2, 0.25) is 0 Å². The van der Waals surface area contributed by atoms with E-state index in [1.807, 2.05) is 30.3 Å². The summed E-state index contributed by atoms with van der Waals surface area (Å²) in [5, 5.41) is 0. The first kappa shape index (κ1) is 21.2. The molecule has 1 aromatic carbocycles. The van der Waals surface area contributed by atoms with E-state index in [0.717, 1.165) is 43.8 Å². The van der Waals surface area contributed by atoms with Crippen LogP contribution in [0.1, 0.15) is 36.6 Å². The Morgan fingerprint density at radius 2 is 2.06 bits per heavy atom. The van der Waals surface area contributed by atoms with Crippen LogP contribution in [0, 0.1) is 0 Å². The summed E-state index contributed by atoms with van der Waals surface area (Å²) in [4.78, 5) is 26.7. The van der Waals surface area contributed by atoms with Crippen LogP contribution in [0.3, 0.4) is 0 Å². The van der Waals surface area contributed by atoms with Crippen molar-refractivity contribution in [2.24, 2.45) is 0 Å². The fraction of sp³-hybridized carbons (Fsp3) is 0.375. The van der Waals surface area contributed by atoms with Gasteiger partial charge in [-0.05, 0) is 49.2 Å². The lowest BCUT2D eigenvalue weighted by Crippen LogP contribution is -2.34. The molecule has 1 atom stereocenters. The van der Waals surface area contributed by atoms with Crippen molar-refractivity contribution in [3.8, 4) is 17.3 Å². The van der Waals surface area contributed by atoms with Crippen molar-refractivity contribution in [3.05, 3.63) is 76.3 Å². The van der Waals surface area contributed by atoms with E-state index < -0.39 is 0 Å². The van der Waals surface area contributed by atoms with Crippen molar-refractivity contribution in [2.75, 3.05) is 26.9 Å². The van der Waals surface area contributed by atoms with Crippen molar-refractivity contribution in [1.29, 1.82) is 0 Å². The minimum absolute atomic E-state index is 0.0941. The maximum Gasteiger partial charge on any atom is 0.251 e. The lowest BCUT2D eigenvalue weighted by atomic mass is 9.98. The summed E-state index contributed by atoms with van der Waals surface area (Å²) >= 11 is 0. The minimum Gasteiger partial charge on any atom is -0.491 e. The van der Waals surface area contributed by atoms with Crippen LogP contribution in [0.5, 0.6) is 5.75 Å². The zero-order valence-corrected chi connectivity index (χ0v) is 17.8. The van der Waals surface area contributed by atoms with Crippen molar-refractivity contribution in [3.63, 3.8) is 0 Å². The average Bonchev–Trinajstić information content (AvgIpc) is 2.80. The minimum atomic E-state index is -0.148. The van der Waals surface area contributed by atoms with Crippen LogP contribution in [0.4, 0.5) is 0 Å². The number of H-pyrrole nitrogens is 1. The van der Waals surface area contributed by atoms with Crippen LogP contribution in [0.25, 0.3) is 11.5 Å². The van der Waals surface area contributed by atoms with Crippen LogP contribution >= 0.6 is 0 Å². The molecule has 1 saturated heterocycles. The average molecular weight is 421 g/mol. The number of likely N-dealkylation sites (tertiary alicyclic amines) is 1. The Morgan fingerprint density at radius 3 is 2.90 bits per heavy atom. The van der Waals surface area contributed by atoms with Gasteiger partial charge in [0.1, 0.15) is 18.1 Å². The van der Waals surface area contributed by atoms with Gasteiger partial charge < -0.3 is 14.5 Å². The standard InChI is InChI=1S/C24H28N4O3/c1-30-13-14-31-19-8-6-7-18(15-19)17-28-12-5-3-10-22(28)21-16-23(29)27-24(26-21)20-9-2-4-11-25-20/h2,4,6-9,11,15-16,22H,3,5,10,12-14,17H2,1H3,(H,26,27,29)/t22-/m1/s1. The molecule has 0 amide bonds. The Kier molecular flexibility index (Phi) is 7.07. The molecular weight excluding hydrogens is 392 g/mol. The van der Waals surface area contributed by atoms with E-state index >= 15 is 0 Å². The molecule has 7 nitrogen and oxygen atoms in total. The third kappa shape index (κ3) is 5.57. The van der Waals surface area contributed by atoms with Crippen molar-refractivity contribution in [2.45, 2.75) is 31.8 Å². The van der Waals surface area contributed by atoms with Gasteiger partial charge in [-0.1, -0.05) is 24.6 Å². The van der Waals surface area contributed by atoms with E-state index in [-0.39, 0.29) is 11.6 Å². The molecule has 162 valence electrons. The fourth-order valence-corrected chi connectivity index (χ4v) is 4.00. The zero-order chi connectivity index (χ0) is 21.5. The van der Waals surface area contributed by atoms with Crippen LogP contribution in [-0.2, 0) is 11.3 Å². The molecule has 1 aliphatic rings. The second kappa shape index (κ2) is 10.3. The maximum atomic E-state index is 12.4. The SMILES string of the molecule is COCCOc1cccc(CN2CCCC[C@@H]2c2cc(=O)[nH]c(-c3ccccn3)n2)c1. The van der Waals surface area contributed by atoms with Gasteiger partial charge in [0, 0.05) is 25.9 Å². The molecule has 4 rings (SSSR count). The summed E-state index contributed by atoms with van der Waals surface area (Å²) in [6.07, 6.45) is 4.93. The number of nitrogens with one attached hydrogen (secondary N) is 1. The van der Waals surface area contributed by atoms with Crippen molar-refractivity contribution in [1.82, 2.24) is 19.9 Å². The van der Waals surface area contributed by atoms with Gasteiger partial charge in [0.15, 0.2) is 5.82 Å². The van der Waals surface area contributed by atoms with E-state index in [9.17, 15) is 4.79 Å². The molecule has 1 N–H and O–H groups in total.